The van der Waals surface area contributed by atoms with E-state index in [1.807, 2.05) is 0 Å². The molecule has 0 aliphatic heterocycles. The van der Waals surface area contributed by atoms with E-state index in [-0.39, 0.29) is 5.82 Å². The lowest BCUT2D eigenvalue weighted by atomic mass is 10.0. The van der Waals surface area contributed by atoms with Gasteiger partial charge in [-0.25, -0.2) is 9.78 Å². The number of nitrogen functional groups attached to an aromatic ring is 1. The first-order valence-corrected chi connectivity index (χ1v) is 7.35. The number of carbonyl (C=O) groups is 1. The van der Waals surface area contributed by atoms with Gasteiger partial charge in [0.05, 0.1) is 5.56 Å². The fraction of sp³-hybridized carbons (Fsp3) is 0.250. The second-order valence-corrected chi connectivity index (χ2v) is 5.61. The molecule has 0 unspecified atom stereocenters. The van der Waals surface area contributed by atoms with E-state index >= 15 is 0 Å². The Morgan fingerprint density at radius 1 is 0.759 bits per heavy atom. The molecule has 0 atom stereocenters. The highest BCUT2D eigenvalue weighted by molar-refractivity contribution is 5.90. The zero-order chi connectivity index (χ0) is 22.3. The Bertz CT molecular complexity index is 834. The highest BCUT2D eigenvalue weighted by Crippen LogP contribution is 2.55. The predicted octanol–water partition coefficient (Wildman–Crippen LogP) is 4.91. The highest BCUT2D eigenvalue weighted by Gasteiger charge is 2.87. The average molecular weight is 432 g/mol. The van der Waals surface area contributed by atoms with Crippen LogP contribution in [0.15, 0.2) is 42.6 Å². The Kier molecular flexibility index (Phi) is 5.47. The van der Waals surface area contributed by atoms with E-state index in [2.05, 4.69) is 9.72 Å². The normalized spacial score (nSPS) is 13.3. The zero-order valence-electron chi connectivity index (χ0n) is 13.8. The standard InChI is InChI=1S/C16H9F9N2O2/c17-14(18,19)13(15(20,21)22,16(23,24)25)29-12(28)9-3-1-8(2-4-9)10-5-6-11(26)27-7-10/h1-7H,(H2,26,27). The number of halogens is 9. The van der Waals surface area contributed by atoms with Crippen molar-refractivity contribution in [1.29, 1.82) is 0 Å². The molecule has 0 spiro atoms. The van der Waals surface area contributed by atoms with Crippen LogP contribution < -0.4 is 5.73 Å². The molecule has 0 aliphatic carbocycles. The van der Waals surface area contributed by atoms with Gasteiger partial charge >= 0.3 is 30.1 Å². The van der Waals surface area contributed by atoms with Crippen LogP contribution in [0.2, 0.25) is 0 Å². The average Bonchev–Trinajstić information content (AvgIpc) is 2.57. The number of rotatable bonds is 3. The Morgan fingerprint density at radius 3 is 1.59 bits per heavy atom. The number of ether oxygens (including phenoxy) is 1. The topological polar surface area (TPSA) is 65.2 Å². The van der Waals surface area contributed by atoms with Crippen LogP contribution in [0.1, 0.15) is 10.4 Å². The van der Waals surface area contributed by atoms with Gasteiger partial charge in [-0.05, 0) is 29.8 Å². The summed E-state index contributed by atoms with van der Waals surface area (Å²) in [6.45, 7) is 0. The fourth-order valence-corrected chi connectivity index (χ4v) is 2.23. The number of esters is 1. The lowest BCUT2D eigenvalue weighted by molar-refractivity contribution is -0.443. The van der Waals surface area contributed by atoms with Crippen LogP contribution in [0.25, 0.3) is 11.1 Å². The van der Waals surface area contributed by atoms with E-state index in [1.54, 1.807) is 0 Å². The van der Waals surface area contributed by atoms with Gasteiger partial charge in [0.15, 0.2) is 0 Å². The van der Waals surface area contributed by atoms with Crippen LogP contribution in [0.5, 0.6) is 0 Å². The van der Waals surface area contributed by atoms with Crippen molar-refractivity contribution >= 4 is 11.8 Å². The molecule has 1 heterocycles. The van der Waals surface area contributed by atoms with Crippen molar-refractivity contribution in [2.24, 2.45) is 0 Å². The Labute approximate surface area is 156 Å². The maximum Gasteiger partial charge on any atom is 0.447 e. The van der Waals surface area contributed by atoms with Crippen LogP contribution in [0.3, 0.4) is 0 Å². The van der Waals surface area contributed by atoms with Gasteiger partial charge in [0, 0.05) is 11.8 Å². The lowest BCUT2D eigenvalue weighted by Gasteiger charge is -2.37. The molecule has 0 saturated carbocycles. The van der Waals surface area contributed by atoms with Gasteiger partial charge in [0.2, 0.25) is 0 Å². The van der Waals surface area contributed by atoms with Gasteiger partial charge in [0.25, 0.3) is 0 Å². The molecule has 0 aliphatic rings. The molecule has 13 heteroatoms. The summed E-state index contributed by atoms with van der Waals surface area (Å²) in [7, 11) is 0. The third kappa shape index (κ3) is 4.07. The number of benzene rings is 1. The minimum atomic E-state index is -7.01. The summed E-state index contributed by atoms with van der Waals surface area (Å²) in [5, 5.41) is 0. The highest BCUT2D eigenvalue weighted by atomic mass is 19.4. The molecule has 158 valence electrons. The van der Waals surface area contributed by atoms with E-state index in [4.69, 9.17) is 5.73 Å². The maximum atomic E-state index is 12.8. The van der Waals surface area contributed by atoms with Gasteiger partial charge < -0.3 is 10.5 Å². The van der Waals surface area contributed by atoms with Gasteiger partial charge in [-0.3, -0.25) is 0 Å². The number of alkyl halides is 9. The predicted molar refractivity (Wildman–Crippen MR) is 80.4 cm³/mol. The molecule has 1 aromatic heterocycles. The Morgan fingerprint density at radius 2 is 1.21 bits per heavy atom. The molecule has 1 aromatic carbocycles. The van der Waals surface area contributed by atoms with Crippen molar-refractivity contribution in [3.8, 4) is 11.1 Å². The van der Waals surface area contributed by atoms with E-state index < -0.39 is 35.7 Å². The zero-order valence-corrected chi connectivity index (χ0v) is 13.8. The number of hydrogen-bond donors (Lipinski definition) is 1. The van der Waals surface area contributed by atoms with E-state index in [0.29, 0.717) is 23.3 Å². The van der Waals surface area contributed by atoms with Crippen molar-refractivity contribution in [2.75, 3.05) is 5.73 Å². The van der Waals surface area contributed by atoms with E-state index in [9.17, 15) is 44.3 Å². The lowest BCUT2D eigenvalue weighted by Crippen LogP contribution is -2.68. The summed E-state index contributed by atoms with van der Waals surface area (Å²) in [5.41, 5.74) is -1.53. The second kappa shape index (κ2) is 7.12. The third-order valence-electron chi connectivity index (χ3n) is 3.68. The van der Waals surface area contributed by atoms with E-state index in [1.165, 1.54) is 18.3 Å². The third-order valence-corrected chi connectivity index (χ3v) is 3.68. The van der Waals surface area contributed by atoms with Gasteiger partial charge in [-0.2, -0.15) is 39.5 Å². The van der Waals surface area contributed by atoms with Crippen molar-refractivity contribution in [1.82, 2.24) is 4.98 Å². The molecule has 0 radical (unpaired) electrons. The Balaban J connectivity index is 2.41. The number of nitrogens with zero attached hydrogens (tertiary/aromatic N) is 1. The molecule has 2 aromatic rings. The van der Waals surface area contributed by atoms with Crippen molar-refractivity contribution in [3.63, 3.8) is 0 Å². The summed E-state index contributed by atoms with van der Waals surface area (Å²) < 4.78 is 118. The number of nitrogens with two attached hydrogens (primary N) is 1. The first kappa shape index (κ1) is 22.3. The summed E-state index contributed by atoms with van der Waals surface area (Å²) >= 11 is 0. The largest absolute Gasteiger partial charge is 0.447 e. The van der Waals surface area contributed by atoms with Gasteiger partial charge in [-0.1, -0.05) is 12.1 Å². The smallest absolute Gasteiger partial charge is 0.428 e. The number of hydrogen-bond acceptors (Lipinski definition) is 4. The van der Waals surface area contributed by atoms with E-state index in [0.717, 1.165) is 12.1 Å². The van der Waals surface area contributed by atoms with Gasteiger partial charge in [0.1, 0.15) is 5.82 Å². The van der Waals surface area contributed by atoms with Crippen molar-refractivity contribution in [2.45, 2.75) is 24.1 Å². The van der Waals surface area contributed by atoms with Crippen LogP contribution in [0.4, 0.5) is 45.3 Å². The van der Waals surface area contributed by atoms with Crippen LogP contribution in [0, 0.1) is 0 Å². The molecule has 0 bridgehead atoms. The number of carbonyl (C=O) groups excluding carboxylic acids is 1. The molecular formula is C16H9F9N2O2. The van der Waals surface area contributed by atoms with Crippen LogP contribution in [-0.2, 0) is 4.74 Å². The number of aromatic nitrogens is 1. The molecule has 0 amide bonds. The SMILES string of the molecule is Nc1ccc(-c2ccc(C(=O)OC(C(F)(F)F)(C(F)(F)F)C(F)(F)F)cc2)cn1. The minimum Gasteiger partial charge on any atom is -0.428 e. The minimum absolute atomic E-state index is 0.164. The maximum absolute atomic E-state index is 12.8. The van der Waals surface area contributed by atoms with Crippen molar-refractivity contribution in [3.05, 3.63) is 48.2 Å². The monoisotopic (exact) mass is 432 g/mol. The first-order valence-electron chi connectivity index (χ1n) is 7.35. The molecule has 0 saturated heterocycles. The van der Waals surface area contributed by atoms with Crippen molar-refractivity contribution < 1.29 is 49.0 Å². The van der Waals surface area contributed by atoms with Crippen LogP contribution in [-0.4, -0.2) is 35.1 Å². The Hall–Kier alpha value is -2.99. The quantitative estimate of drug-likeness (QED) is 0.553. The molecule has 2 rings (SSSR count). The number of pyridine rings is 1. The molecule has 4 nitrogen and oxygen atoms in total. The summed E-state index contributed by atoms with van der Waals surface area (Å²) in [6, 6.07) is 6.42. The molecule has 29 heavy (non-hydrogen) atoms. The first-order chi connectivity index (χ1) is 13.1. The summed E-state index contributed by atoms with van der Waals surface area (Å²) in [4.78, 5) is 15.5. The van der Waals surface area contributed by atoms with Gasteiger partial charge in [-0.15, -0.1) is 0 Å². The fourth-order valence-electron chi connectivity index (χ4n) is 2.23. The molecule has 2 N–H and O–H groups in total. The molecular weight excluding hydrogens is 423 g/mol. The summed E-state index contributed by atoms with van der Waals surface area (Å²) in [6.07, 6.45) is -19.7. The second-order valence-electron chi connectivity index (χ2n) is 5.61. The van der Waals surface area contributed by atoms with Crippen LogP contribution >= 0.6 is 0 Å². The molecule has 0 fully saturated rings. The summed E-state index contributed by atoms with van der Waals surface area (Å²) in [5.74, 6) is -2.30. The number of anilines is 1.